The van der Waals surface area contributed by atoms with Crippen molar-refractivity contribution < 1.29 is 19.4 Å². The number of ether oxygens (including phenoxy) is 1. The highest BCUT2D eigenvalue weighted by molar-refractivity contribution is 5.85. The van der Waals surface area contributed by atoms with Crippen molar-refractivity contribution in [3.8, 4) is 0 Å². The smallest absolute Gasteiger partial charge is 0.407 e. The molecule has 1 aromatic carbocycles. The Hall–Kier alpha value is -2.50. The van der Waals surface area contributed by atoms with E-state index in [4.69, 9.17) is 9.84 Å². The lowest BCUT2D eigenvalue weighted by atomic mass is 10.1. The number of nitrogens with zero attached hydrogens (tertiary/aromatic N) is 1. The molecular formula is C16H20N2O4. The van der Waals surface area contributed by atoms with Crippen LogP contribution >= 0.6 is 0 Å². The summed E-state index contributed by atoms with van der Waals surface area (Å²) in [6.07, 6.45) is 1.23. The van der Waals surface area contributed by atoms with Gasteiger partial charge in [-0.2, -0.15) is 0 Å². The topological polar surface area (TPSA) is 80.6 Å². The second-order valence-electron chi connectivity index (χ2n) is 6.05. The highest BCUT2D eigenvalue weighted by atomic mass is 16.6. The van der Waals surface area contributed by atoms with Crippen molar-refractivity contribution in [3.63, 3.8) is 0 Å². The molecule has 22 heavy (non-hydrogen) atoms. The molecule has 6 nitrogen and oxygen atoms in total. The van der Waals surface area contributed by atoms with Crippen molar-refractivity contribution >= 4 is 23.0 Å². The van der Waals surface area contributed by atoms with Gasteiger partial charge in [-0.3, -0.25) is 4.79 Å². The van der Waals surface area contributed by atoms with E-state index in [2.05, 4.69) is 5.32 Å². The van der Waals surface area contributed by atoms with Crippen LogP contribution < -0.4 is 5.32 Å². The number of carboxylic acid groups (broad SMARTS) is 1. The maximum atomic E-state index is 11.7. The minimum absolute atomic E-state index is 0.118. The fraction of sp³-hybridized carbons (Fsp3) is 0.375. The number of nitrogens with one attached hydrogen (secondary N) is 1. The normalized spacial score (nSPS) is 11.4. The number of rotatable bonds is 4. The lowest BCUT2D eigenvalue weighted by Crippen LogP contribution is -2.32. The van der Waals surface area contributed by atoms with Crippen LogP contribution in [0.5, 0.6) is 0 Å². The second-order valence-corrected chi connectivity index (χ2v) is 6.05. The lowest BCUT2D eigenvalue weighted by molar-refractivity contribution is -0.137. The molecule has 0 aliphatic carbocycles. The average Bonchev–Trinajstić information content (AvgIpc) is 2.77. The zero-order valence-corrected chi connectivity index (χ0v) is 12.9. The molecule has 6 heteroatoms. The van der Waals surface area contributed by atoms with Gasteiger partial charge in [-0.15, -0.1) is 0 Å². The Bertz CT molecular complexity index is 698. The van der Waals surface area contributed by atoms with Crippen LogP contribution in [0.3, 0.4) is 0 Å². The van der Waals surface area contributed by atoms with Crippen LogP contribution in [0.15, 0.2) is 30.5 Å². The van der Waals surface area contributed by atoms with Crippen LogP contribution in [0.25, 0.3) is 10.9 Å². The number of benzene rings is 1. The first-order valence-corrected chi connectivity index (χ1v) is 7.01. The molecule has 1 amide bonds. The van der Waals surface area contributed by atoms with Crippen LogP contribution in [0.4, 0.5) is 4.79 Å². The van der Waals surface area contributed by atoms with Crippen LogP contribution in [0, 0.1) is 0 Å². The van der Waals surface area contributed by atoms with Gasteiger partial charge in [-0.25, -0.2) is 4.79 Å². The number of aliphatic carboxylic acids is 1. The summed E-state index contributed by atoms with van der Waals surface area (Å²) in [4.78, 5) is 22.7. The Balaban J connectivity index is 2.19. The van der Waals surface area contributed by atoms with Crippen LogP contribution in [0.1, 0.15) is 26.3 Å². The Kier molecular flexibility index (Phi) is 4.40. The predicted octanol–water partition coefficient (Wildman–Crippen LogP) is 2.75. The summed E-state index contributed by atoms with van der Waals surface area (Å²) in [5.41, 5.74) is 1.09. The first-order valence-electron chi connectivity index (χ1n) is 7.01. The SMILES string of the molecule is CC(C)(C)OC(=O)NCc1cccc2ccn(CC(=O)O)c12. The number of para-hydroxylation sites is 1. The number of carbonyl (C=O) groups excluding carboxylic acids is 1. The highest BCUT2D eigenvalue weighted by Crippen LogP contribution is 2.20. The van der Waals surface area contributed by atoms with E-state index in [9.17, 15) is 9.59 Å². The molecule has 0 aliphatic heterocycles. The summed E-state index contributed by atoms with van der Waals surface area (Å²) >= 11 is 0. The Labute approximate surface area is 128 Å². The number of hydrogen-bond donors (Lipinski definition) is 2. The summed E-state index contributed by atoms with van der Waals surface area (Å²) in [5.74, 6) is -0.910. The van der Waals surface area contributed by atoms with Gasteiger partial charge in [0.1, 0.15) is 12.1 Å². The van der Waals surface area contributed by atoms with E-state index in [1.54, 1.807) is 31.5 Å². The molecule has 0 unspecified atom stereocenters. The number of alkyl carbamates (subject to hydrolysis) is 1. The zero-order valence-electron chi connectivity index (χ0n) is 12.9. The van der Waals surface area contributed by atoms with Crippen molar-refractivity contribution in [1.29, 1.82) is 0 Å². The van der Waals surface area contributed by atoms with Crippen molar-refractivity contribution in [1.82, 2.24) is 9.88 Å². The Morgan fingerprint density at radius 2 is 2.00 bits per heavy atom. The second kappa shape index (κ2) is 6.09. The molecular weight excluding hydrogens is 284 g/mol. The van der Waals surface area contributed by atoms with Gasteiger partial charge in [0.25, 0.3) is 0 Å². The van der Waals surface area contributed by atoms with Gasteiger partial charge in [0.05, 0.1) is 5.52 Å². The molecule has 2 aromatic rings. The van der Waals surface area contributed by atoms with Gasteiger partial charge in [-0.05, 0) is 37.8 Å². The summed E-state index contributed by atoms with van der Waals surface area (Å²) in [5, 5.41) is 12.6. The fourth-order valence-electron chi connectivity index (χ4n) is 2.24. The maximum absolute atomic E-state index is 11.7. The van der Waals surface area contributed by atoms with Crippen LogP contribution in [0.2, 0.25) is 0 Å². The standard InChI is InChI=1S/C16H20N2O4/c1-16(2,3)22-15(21)17-9-12-6-4-5-11-7-8-18(14(11)12)10-13(19)20/h4-8H,9-10H2,1-3H3,(H,17,21)(H,19,20). The number of aromatic nitrogens is 1. The zero-order chi connectivity index (χ0) is 16.3. The lowest BCUT2D eigenvalue weighted by Gasteiger charge is -2.20. The minimum atomic E-state index is -0.910. The van der Waals surface area contributed by atoms with E-state index in [0.29, 0.717) is 0 Å². The summed E-state index contributed by atoms with van der Waals surface area (Å²) in [6, 6.07) is 7.50. The van der Waals surface area contributed by atoms with E-state index >= 15 is 0 Å². The molecule has 0 saturated heterocycles. The molecule has 0 aliphatic rings. The molecule has 0 radical (unpaired) electrons. The van der Waals surface area contributed by atoms with Gasteiger partial charge in [-0.1, -0.05) is 18.2 Å². The third-order valence-corrected chi connectivity index (χ3v) is 3.00. The third-order valence-electron chi connectivity index (χ3n) is 3.00. The van der Waals surface area contributed by atoms with Gasteiger partial charge in [0, 0.05) is 12.7 Å². The van der Waals surface area contributed by atoms with Crippen LogP contribution in [-0.2, 0) is 22.6 Å². The van der Waals surface area contributed by atoms with Crippen molar-refractivity contribution in [2.45, 2.75) is 39.5 Å². The highest BCUT2D eigenvalue weighted by Gasteiger charge is 2.16. The van der Waals surface area contributed by atoms with Crippen molar-refractivity contribution in [3.05, 3.63) is 36.0 Å². The van der Waals surface area contributed by atoms with Gasteiger partial charge in [0.2, 0.25) is 0 Å². The van der Waals surface area contributed by atoms with E-state index < -0.39 is 17.7 Å². The third kappa shape index (κ3) is 4.00. The number of carbonyl (C=O) groups is 2. The first kappa shape index (κ1) is 15.9. The van der Waals surface area contributed by atoms with E-state index in [0.717, 1.165) is 16.5 Å². The number of hydrogen-bond acceptors (Lipinski definition) is 3. The van der Waals surface area contributed by atoms with E-state index in [-0.39, 0.29) is 13.1 Å². The summed E-state index contributed by atoms with van der Waals surface area (Å²) < 4.78 is 6.85. The van der Waals surface area contributed by atoms with E-state index in [1.807, 2.05) is 24.3 Å². The van der Waals surface area contributed by atoms with Crippen molar-refractivity contribution in [2.75, 3.05) is 0 Å². The molecule has 0 bridgehead atoms. The number of carboxylic acids is 1. The molecule has 1 heterocycles. The van der Waals surface area contributed by atoms with Gasteiger partial charge in [0.15, 0.2) is 0 Å². The predicted molar refractivity (Wildman–Crippen MR) is 82.6 cm³/mol. The van der Waals surface area contributed by atoms with Gasteiger partial charge < -0.3 is 19.7 Å². The number of amides is 1. The maximum Gasteiger partial charge on any atom is 0.407 e. The van der Waals surface area contributed by atoms with Crippen molar-refractivity contribution in [2.24, 2.45) is 0 Å². The Morgan fingerprint density at radius 1 is 1.27 bits per heavy atom. The summed E-state index contributed by atoms with van der Waals surface area (Å²) in [7, 11) is 0. The quantitative estimate of drug-likeness (QED) is 0.910. The monoisotopic (exact) mass is 304 g/mol. The molecule has 118 valence electrons. The Morgan fingerprint density at radius 3 is 2.64 bits per heavy atom. The van der Waals surface area contributed by atoms with E-state index in [1.165, 1.54) is 0 Å². The molecule has 0 fully saturated rings. The molecule has 0 saturated carbocycles. The molecule has 2 rings (SSSR count). The molecule has 1 aromatic heterocycles. The van der Waals surface area contributed by atoms with Gasteiger partial charge >= 0.3 is 12.1 Å². The first-order chi connectivity index (χ1) is 10.3. The molecule has 2 N–H and O–H groups in total. The summed E-state index contributed by atoms with van der Waals surface area (Å²) in [6.45, 7) is 5.55. The molecule has 0 spiro atoms. The largest absolute Gasteiger partial charge is 0.480 e. The minimum Gasteiger partial charge on any atom is -0.480 e. The number of fused-ring (bicyclic) bond motifs is 1. The average molecular weight is 304 g/mol. The molecule has 0 atom stereocenters. The fourth-order valence-corrected chi connectivity index (χ4v) is 2.24. The van der Waals surface area contributed by atoms with Crippen LogP contribution in [-0.4, -0.2) is 27.3 Å².